The van der Waals surface area contributed by atoms with Crippen LogP contribution in [0.25, 0.3) is 0 Å². The van der Waals surface area contributed by atoms with Gasteiger partial charge in [0.25, 0.3) is 0 Å². The summed E-state index contributed by atoms with van der Waals surface area (Å²) in [6.07, 6.45) is 1.15. The van der Waals surface area contributed by atoms with Gasteiger partial charge in [-0.3, -0.25) is 9.59 Å². The molecule has 5 heteroatoms. The lowest BCUT2D eigenvalue weighted by atomic mass is 10.2. The quantitative estimate of drug-likeness (QED) is 0.657. The van der Waals surface area contributed by atoms with Crippen LogP contribution in [0, 0.1) is 17.2 Å². The van der Waals surface area contributed by atoms with Crippen LogP contribution in [-0.4, -0.2) is 24.9 Å². The number of amides is 2. The topological polar surface area (TPSA) is 82.0 Å². The van der Waals surface area contributed by atoms with E-state index in [1.807, 2.05) is 13.0 Å². The normalized spacial score (nSPS) is 11.3. The van der Waals surface area contributed by atoms with E-state index in [1.54, 1.807) is 0 Å². The van der Waals surface area contributed by atoms with Crippen LogP contribution in [0.5, 0.6) is 0 Å². The summed E-state index contributed by atoms with van der Waals surface area (Å²) in [6, 6.07) is 1.82. The highest BCUT2D eigenvalue weighted by Crippen LogP contribution is 1.90. The third-order valence-corrected chi connectivity index (χ3v) is 1.81. The van der Waals surface area contributed by atoms with Crippen LogP contribution in [-0.2, 0) is 9.59 Å². The van der Waals surface area contributed by atoms with Gasteiger partial charge >= 0.3 is 0 Å². The lowest BCUT2D eigenvalue weighted by molar-refractivity contribution is -0.123. The van der Waals surface area contributed by atoms with Crippen molar-refractivity contribution in [2.75, 3.05) is 13.1 Å². The van der Waals surface area contributed by atoms with Gasteiger partial charge in [0.1, 0.15) is 5.92 Å². The molecule has 0 aromatic carbocycles. The molecule has 0 aromatic rings. The van der Waals surface area contributed by atoms with E-state index >= 15 is 0 Å². The van der Waals surface area contributed by atoms with Gasteiger partial charge in [0, 0.05) is 19.5 Å². The van der Waals surface area contributed by atoms with Crippen molar-refractivity contribution in [1.29, 1.82) is 5.26 Å². The van der Waals surface area contributed by atoms with Crippen molar-refractivity contribution >= 4 is 11.8 Å². The van der Waals surface area contributed by atoms with Crippen LogP contribution in [0.4, 0.5) is 0 Å². The molecule has 0 bridgehead atoms. The molecule has 1 unspecified atom stereocenters. The highest BCUT2D eigenvalue weighted by molar-refractivity contribution is 5.81. The fourth-order valence-electron chi connectivity index (χ4n) is 0.864. The predicted molar refractivity (Wildman–Crippen MR) is 55.7 cm³/mol. The largest absolute Gasteiger partial charge is 0.356 e. The van der Waals surface area contributed by atoms with Crippen LogP contribution >= 0.6 is 0 Å². The van der Waals surface area contributed by atoms with Crippen molar-refractivity contribution in [3.8, 4) is 6.07 Å². The van der Waals surface area contributed by atoms with Gasteiger partial charge in [0.15, 0.2) is 0 Å². The maximum Gasteiger partial charge on any atom is 0.237 e. The molecule has 0 heterocycles. The summed E-state index contributed by atoms with van der Waals surface area (Å²) in [5.41, 5.74) is 0. The smallest absolute Gasteiger partial charge is 0.237 e. The molecule has 0 aliphatic carbocycles. The highest BCUT2D eigenvalue weighted by Gasteiger charge is 2.10. The summed E-state index contributed by atoms with van der Waals surface area (Å²) in [5.74, 6) is -1.08. The lowest BCUT2D eigenvalue weighted by Gasteiger charge is -2.06. The van der Waals surface area contributed by atoms with Crippen molar-refractivity contribution in [3.05, 3.63) is 0 Å². The predicted octanol–water partition coefficient (Wildman–Crippen LogP) is 0.179. The molecule has 0 aliphatic heterocycles. The third kappa shape index (κ3) is 6.49. The fraction of sp³-hybridized carbons (Fsp3) is 0.700. The fourth-order valence-corrected chi connectivity index (χ4v) is 0.864. The first-order chi connectivity index (χ1) is 7.11. The van der Waals surface area contributed by atoms with Crippen LogP contribution in [0.15, 0.2) is 0 Å². The van der Waals surface area contributed by atoms with Gasteiger partial charge in [-0.05, 0) is 13.3 Å². The molecule has 0 spiro atoms. The number of hydrogen-bond donors (Lipinski definition) is 2. The summed E-state index contributed by atoms with van der Waals surface area (Å²) in [4.78, 5) is 22.2. The number of hydrogen-bond acceptors (Lipinski definition) is 3. The van der Waals surface area contributed by atoms with E-state index < -0.39 is 5.92 Å². The number of carbonyl (C=O) groups excluding carboxylic acids is 2. The molecule has 15 heavy (non-hydrogen) atoms. The number of nitrogens with one attached hydrogen (secondary N) is 2. The maximum absolute atomic E-state index is 11.1. The van der Waals surface area contributed by atoms with Crippen molar-refractivity contribution < 1.29 is 9.59 Å². The molecule has 0 radical (unpaired) electrons. The third-order valence-electron chi connectivity index (χ3n) is 1.81. The van der Waals surface area contributed by atoms with E-state index in [4.69, 9.17) is 5.26 Å². The molecule has 1 atom stereocenters. The Balaban J connectivity index is 3.58. The Bertz CT molecular complexity index is 258. The summed E-state index contributed by atoms with van der Waals surface area (Å²) in [6.45, 7) is 4.42. The van der Waals surface area contributed by atoms with Crippen molar-refractivity contribution in [2.24, 2.45) is 5.92 Å². The summed E-state index contributed by atoms with van der Waals surface area (Å²) < 4.78 is 0. The van der Waals surface area contributed by atoms with E-state index in [0.29, 0.717) is 6.54 Å². The van der Waals surface area contributed by atoms with Crippen LogP contribution in [0.2, 0.25) is 0 Å². The van der Waals surface area contributed by atoms with Crippen LogP contribution < -0.4 is 10.6 Å². The molecular weight excluding hydrogens is 194 g/mol. The Morgan fingerprint density at radius 2 is 2.00 bits per heavy atom. The first kappa shape index (κ1) is 13.4. The minimum atomic E-state index is -0.663. The Kier molecular flexibility index (Phi) is 6.98. The van der Waals surface area contributed by atoms with Crippen LogP contribution in [0.3, 0.4) is 0 Å². The summed E-state index contributed by atoms with van der Waals surface area (Å²) in [5, 5.41) is 13.7. The van der Waals surface area contributed by atoms with Crippen LogP contribution in [0.1, 0.15) is 26.7 Å². The zero-order chi connectivity index (χ0) is 11.7. The molecule has 2 amide bonds. The zero-order valence-corrected chi connectivity index (χ0v) is 9.17. The molecule has 0 saturated carbocycles. The Morgan fingerprint density at radius 3 is 2.53 bits per heavy atom. The molecule has 84 valence electrons. The van der Waals surface area contributed by atoms with Gasteiger partial charge in [-0.1, -0.05) is 6.92 Å². The maximum atomic E-state index is 11.1. The molecule has 0 aromatic heterocycles. The second kappa shape index (κ2) is 7.80. The number of nitrogens with zero attached hydrogens (tertiary/aromatic N) is 1. The van der Waals surface area contributed by atoms with Gasteiger partial charge in [-0.2, -0.15) is 5.26 Å². The molecule has 0 rings (SSSR count). The monoisotopic (exact) mass is 211 g/mol. The molecule has 0 fully saturated rings. The molecule has 2 N–H and O–H groups in total. The molecular formula is C10H17N3O2. The summed E-state index contributed by atoms with van der Waals surface area (Å²) in [7, 11) is 0. The van der Waals surface area contributed by atoms with E-state index in [-0.39, 0.29) is 24.8 Å². The zero-order valence-electron chi connectivity index (χ0n) is 9.17. The van der Waals surface area contributed by atoms with E-state index in [0.717, 1.165) is 6.42 Å². The Morgan fingerprint density at radius 1 is 1.33 bits per heavy atom. The molecule has 5 nitrogen and oxygen atoms in total. The van der Waals surface area contributed by atoms with Crippen molar-refractivity contribution in [1.82, 2.24) is 10.6 Å². The minimum Gasteiger partial charge on any atom is -0.356 e. The van der Waals surface area contributed by atoms with Gasteiger partial charge < -0.3 is 10.6 Å². The number of carbonyl (C=O) groups is 2. The first-order valence-corrected chi connectivity index (χ1v) is 5.05. The average molecular weight is 211 g/mol. The van der Waals surface area contributed by atoms with E-state index in [9.17, 15) is 9.59 Å². The van der Waals surface area contributed by atoms with Crippen molar-refractivity contribution in [3.63, 3.8) is 0 Å². The lowest BCUT2D eigenvalue weighted by Crippen LogP contribution is -2.33. The van der Waals surface area contributed by atoms with Gasteiger partial charge in [-0.25, -0.2) is 0 Å². The molecule has 0 aliphatic rings. The Hall–Kier alpha value is -1.57. The minimum absolute atomic E-state index is 0.0817. The van der Waals surface area contributed by atoms with Gasteiger partial charge in [0.2, 0.25) is 11.8 Å². The van der Waals surface area contributed by atoms with E-state index in [1.165, 1.54) is 6.92 Å². The van der Waals surface area contributed by atoms with E-state index in [2.05, 4.69) is 10.6 Å². The summed E-state index contributed by atoms with van der Waals surface area (Å²) >= 11 is 0. The second-order valence-corrected chi connectivity index (χ2v) is 3.24. The second-order valence-electron chi connectivity index (χ2n) is 3.24. The molecule has 0 saturated heterocycles. The number of nitriles is 1. The van der Waals surface area contributed by atoms with Gasteiger partial charge in [-0.15, -0.1) is 0 Å². The standard InChI is InChI=1S/C10H17N3O2/c1-3-5-12-9(14)4-6-13-10(15)8(2)7-11/h8H,3-6H2,1-2H3,(H,12,14)(H,13,15). The first-order valence-electron chi connectivity index (χ1n) is 5.05. The Labute approximate surface area is 89.8 Å². The average Bonchev–Trinajstić information content (AvgIpc) is 2.24. The van der Waals surface area contributed by atoms with Crippen molar-refractivity contribution in [2.45, 2.75) is 26.7 Å². The van der Waals surface area contributed by atoms with Gasteiger partial charge in [0.05, 0.1) is 6.07 Å². The number of rotatable bonds is 6. The SMILES string of the molecule is CCCNC(=O)CCNC(=O)C(C)C#N. The highest BCUT2D eigenvalue weighted by atomic mass is 16.2.